The molecule has 14 heteroatoms. The molecule has 0 unspecified atom stereocenters. The number of nitro benzene ring substituents is 2. The fourth-order valence-electron chi connectivity index (χ4n) is 4.38. The predicted octanol–water partition coefficient (Wildman–Crippen LogP) is 7.46. The minimum absolute atomic E-state index is 0.196. The molecule has 0 saturated heterocycles. The van der Waals surface area contributed by atoms with Gasteiger partial charge in [0.15, 0.2) is 0 Å². The van der Waals surface area contributed by atoms with E-state index in [1.165, 1.54) is 87.3 Å². The van der Waals surface area contributed by atoms with Crippen LogP contribution >= 0.6 is 0 Å². The largest absolute Gasteiger partial charge is 0.497 e. The number of nitrogens with zero attached hydrogens (tertiary/aromatic N) is 4. The van der Waals surface area contributed by atoms with E-state index >= 15 is 0 Å². The Hall–Kier alpha value is -7.22. The average Bonchev–Trinajstić information content (AvgIpc) is 3.14. The number of hydrogen-bond acceptors (Lipinski definition) is 12. The third kappa shape index (κ3) is 8.57. The Morgan fingerprint density at radius 3 is 1.24 bits per heavy atom. The molecule has 0 aromatic heterocycles. The van der Waals surface area contributed by atoms with Crippen molar-refractivity contribution in [3.05, 3.63) is 152 Å². The number of nitro groups is 2. The van der Waals surface area contributed by atoms with Crippen LogP contribution in [0, 0.1) is 20.2 Å². The summed E-state index contributed by atoms with van der Waals surface area (Å²) in [6.45, 7) is 0. The van der Waals surface area contributed by atoms with E-state index in [4.69, 9.17) is 18.9 Å². The highest BCUT2D eigenvalue weighted by Gasteiger charge is 2.21. The van der Waals surface area contributed by atoms with E-state index in [0.717, 1.165) is 0 Å². The molecule has 50 heavy (non-hydrogen) atoms. The smallest absolute Gasteiger partial charge is 0.343 e. The SMILES string of the molecule is COc1ccc(C(=O)Oc2ccc(C=Nc3ccc(N=Cc4ccc(OC(=O)c5ccc(OC)cc5)c([N+](=O)[O-])c4)cc3)cc2[N+](=O)[O-])cc1. The molecule has 5 rings (SSSR count). The maximum absolute atomic E-state index is 12.5. The zero-order chi connectivity index (χ0) is 35.6. The van der Waals surface area contributed by atoms with Crippen molar-refractivity contribution in [2.24, 2.45) is 9.98 Å². The van der Waals surface area contributed by atoms with Gasteiger partial charge in [0.25, 0.3) is 0 Å². The van der Waals surface area contributed by atoms with Crippen molar-refractivity contribution in [1.29, 1.82) is 0 Å². The molecule has 0 N–H and O–H groups in total. The molecule has 0 atom stereocenters. The molecule has 5 aromatic rings. The topological polar surface area (TPSA) is 182 Å². The van der Waals surface area contributed by atoms with Gasteiger partial charge in [-0.15, -0.1) is 0 Å². The number of carbonyl (C=O) groups excluding carboxylic acids is 2. The van der Waals surface area contributed by atoms with E-state index in [1.807, 2.05) is 0 Å². The van der Waals surface area contributed by atoms with Gasteiger partial charge in [0.2, 0.25) is 11.5 Å². The number of esters is 2. The van der Waals surface area contributed by atoms with Crippen molar-refractivity contribution >= 4 is 47.1 Å². The lowest BCUT2D eigenvalue weighted by atomic mass is 10.2. The summed E-state index contributed by atoms with van der Waals surface area (Å²) in [6.07, 6.45) is 2.84. The normalized spacial score (nSPS) is 10.9. The second-order valence-electron chi connectivity index (χ2n) is 10.2. The van der Waals surface area contributed by atoms with Crippen LogP contribution in [0.15, 0.2) is 119 Å². The number of methoxy groups -OCH3 is 2. The van der Waals surface area contributed by atoms with Crippen LogP contribution in [0.5, 0.6) is 23.0 Å². The van der Waals surface area contributed by atoms with Crippen molar-refractivity contribution in [2.45, 2.75) is 0 Å². The predicted molar refractivity (Wildman–Crippen MR) is 183 cm³/mol. The van der Waals surface area contributed by atoms with Gasteiger partial charge in [-0.1, -0.05) is 0 Å². The molecular formula is C36H26N4O10. The van der Waals surface area contributed by atoms with Crippen LogP contribution in [-0.2, 0) is 0 Å². The summed E-state index contributed by atoms with van der Waals surface area (Å²) in [5.74, 6) is -0.874. The van der Waals surface area contributed by atoms with Crippen molar-refractivity contribution in [3.63, 3.8) is 0 Å². The van der Waals surface area contributed by atoms with E-state index in [-0.39, 0.29) is 22.6 Å². The number of carbonyl (C=O) groups is 2. The maximum Gasteiger partial charge on any atom is 0.343 e. The summed E-state index contributed by atoms with van der Waals surface area (Å²) in [6, 6.07) is 27.0. The third-order valence-electron chi connectivity index (χ3n) is 6.99. The van der Waals surface area contributed by atoms with Gasteiger partial charge in [0, 0.05) is 24.6 Å². The highest BCUT2D eigenvalue weighted by Crippen LogP contribution is 2.30. The quantitative estimate of drug-likeness (QED) is 0.0423. The second kappa shape index (κ2) is 15.6. The van der Waals surface area contributed by atoms with Gasteiger partial charge < -0.3 is 18.9 Å². The van der Waals surface area contributed by atoms with Gasteiger partial charge in [0.05, 0.1) is 46.6 Å². The summed E-state index contributed by atoms with van der Waals surface area (Å²) < 4.78 is 20.7. The fraction of sp³-hybridized carbons (Fsp3) is 0.0556. The van der Waals surface area contributed by atoms with Crippen molar-refractivity contribution < 1.29 is 38.4 Å². The van der Waals surface area contributed by atoms with Gasteiger partial charge in [-0.05, 0) is 108 Å². The lowest BCUT2D eigenvalue weighted by Crippen LogP contribution is -2.10. The van der Waals surface area contributed by atoms with Crippen molar-refractivity contribution in [2.75, 3.05) is 14.2 Å². The van der Waals surface area contributed by atoms with Crippen molar-refractivity contribution in [3.8, 4) is 23.0 Å². The minimum atomic E-state index is -0.763. The molecule has 0 bridgehead atoms. The van der Waals surface area contributed by atoms with Gasteiger partial charge in [-0.3, -0.25) is 30.2 Å². The Bertz CT molecular complexity index is 1960. The van der Waals surface area contributed by atoms with E-state index in [9.17, 15) is 29.8 Å². The number of benzene rings is 5. The Morgan fingerprint density at radius 2 is 0.920 bits per heavy atom. The third-order valence-corrected chi connectivity index (χ3v) is 6.99. The van der Waals surface area contributed by atoms with E-state index in [0.29, 0.717) is 34.0 Å². The Labute approximate surface area is 284 Å². The maximum atomic E-state index is 12.5. The number of ether oxygens (including phenoxy) is 4. The van der Waals surface area contributed by atoms with E-state index in [1.54, 1.807) is 48.5 Å². The van der Waals surface area contributed by atoms with Crippen LogP contribution in [0.2, 0.25) is 0 Å². The molecule has 250 valence electrons. The van der Waals surface area contributed by atoms with Gasteiger partial charge in [-0.2, -0.15) is 0 Å². The highest BCUT2D eigenvalue weighted by molar-refractivity contribution is 5.93. The zero-order valence-corrected chi connectivity index (χ0v) is 26.4. The molecule has 0 aliphatic heterocycles. The first kappa shape index (κ1) is 34.1. The molecule has 0 spiro atoms. The van der Waals surface area contributed by atoms with Gasteiger partial charge in [-0.25, -0.2) is 9.59 Å². The first-order chi connectivity index (χ1) is 24.1. The van der Waals surface area contributed by atoms with Crippen LogP contribution in [0.1, 0.15) is 31.8 Å². The monoisotopic (exact) mass is 674 g/mol. The lowest BCUT2D eigenvalue weighted by Gasteiger charge is -2.07. The van der Waals surface area contributed by atoms with E-state index in [2.05, 4.69) is 9.98 Å². The zero-order valence-electron chi connectivity index (χ0n) is 26.4. The minimum Gasteiger partial charge on any atom is -0.497 e. The lowest BCUT2D eigenvalue weighted by molar-refractivity contribution is -0.385. The van der Waals surface area contributed by atoms with Gasteiger partial charge in [0.1, 0.15) is 11.5 Å². The Kier molecular flexibility index (Phi) is 10.6. The number of aliphatic imine (C=N–C) groups is 2. The Balaban J connectivity index is 1.23. The highest BCUT2D eigenvalue weighted by atomic mass is 16.6. The summed E-state index contributed by atoms with van der Waals surface area (Å²) in [7, 11) is 2.98. The summed E-state index contributed by atoms with van der Waals surface area (Å²) >= 11 is 0. The molecule has 0 amide bonds. The molecular weight excluding hydrogens is 648 g/mol. The average molecular weight is 675 g/mol. The molecule has 0 saturated carbocycles. The van der Waals surface area contributed by atoms with Crippen LogP contribution in [0.3, 0.4) is 0 Å². The van der Waals surface area contributed by atoms with Crippen LogP contribution in [0.4, 0.5) is 22.7 Å². The summed E-state index contributed by atoms with van der Waals surface area (Å²) in [5.41, 5.74) is 1.38. The summed E-state index contributed by atoms with van der Waals surface area (Å²) in [5, 5.41) is 23.4. The summed E-state index contributed by atoms with van der Waals surface area (Å²) in [4.78, 5) is 55.9. The molecule has 0 fully saturated rings. The van der Waals surface area contributed by atoms with E-state index < -0.39 is 33.2 Å². The van der Waals surface area contributed by atoms with Crippen LogP contribution in [0.25, 0.3) is 0 Å². The van der Waals surface area contributed by atoms with Gasteiger partial charge >= 0.3 is 23.3 Å². The van der Waals surface area contributed by atoms with Crippen molar-refractivity contribution in [1.82, 2.24) is 0 Å². The second-order valence-corrected chi connectivity index (χ2v) is 10.2. The number of rotatable bonds is 12. The molecule has 0 radical (unpaired) electrons. The van der Waals surface area contributed by atoms with Crippen LogP contribution in [-0.4, -0.2) is 48.4 Å². The van der Waals surface area contributed by atoms with Crippen LogP contribution < -0.4 is 18.9 Å². The molecule has 5 aromatic carbocycles. The number of hydrogen-bond donors (Lipinski definition) is 0. The molecule has 0 aliphatic carbocycles. The molecule has 0 aliphatic rings. The first-order valence-electron chi connectivity index (χ1n) is 14.6. The molecule has 0 heterocycles. The molecule has 14 nitrogen and oxygen atoms in total. The first-order valence-corrected chi connectivity index (χ1v) is 14.6. The Morgan fingerprint density at radius 1 is 0.560 bits per heavy atom. The standard InChI is InChI=1S/C36H26N4O10/c1-47-29-13-5-25(6-14-29)35(41)49-33-17-3-23(19-31(33)39(43)44)21-37-27-9-11-28(12-10-27)38-22-24-4-18-34(32(20-24)40(45)46)50-36(42)26-7-15-30(48-2)16-8-26/h3-22H,1-2H3. The fourth-order valence-corrected chi connectivity index (χ4v) is 4.38.